The van der Waals surface area contributed by atoms with Crippen molar-refractivity contribution in [2.75, 3.05) is 0 Å². The molecule has 1 aromatic carbocycles. The maximum absolute atomic E-state index is 5.10. The highest BCUT2D eigenvalue weighted by Gasteiger charge is 2.07. The standard InChI is InChI=1S/C10H11N3S/c1-8-5-3-4-6-9(8)13-7-12(2)10(14)11-13/h3-7H,1-2H3/p+1. The second-order valence-electron chi connectivity index (χ2n) is 3.30. The van der Waals surface area contributed by atoms with Crippen LogP contribution in [-0.2, 0) is 7.05 Å². The summed E-state index contributed by atoms with van der Waals surface area (Å²) in [7, 11) is 1.92. The van der Waals surface area contributed by atoms with Gasteiger partial charge in [0.25, 0.3) is 0 Å². The Labute approximate surface area is 87.6 Å². The molecule has 14 heavy (non-hydrogen) atoms. The summed E-state index contributed by atoms with van der Waals surface area (Å²) in [6, 6.07) is 8.17. The summed E-state index contributed by atoms with van der Waals surface area (Å²) in [5.74, 6) is 0. The van der Waals surface area contributed by atoms with E-state index in [4.69, 9.17) is 12.2 Å². The van der Waals surface area contributed by atoms with Gasteiger partial charge in [-0.25, -0.2) is 4.57 Å². The normalized spacial score (nSPS) is 10.4. The topological polar surface area (TPSA) is 24.6 Å². The van der Waals surface area contributed by atoms with Crippen LogP contribution in [0, 0.1) is 11.7 Å². The molecule has 0 amide bonds. The fourth-order valence-corrected chi connectivity index (χ4v) is 1.54. The Balaban J connectivity index is 2.60. The van der Waals surface area contributed by atoms with Crippen LogP contribution in [0.5, 0.6) is 0 Å². The van der Waals surface area contributed by atoms with Gasteiger partial charge in [0, 0.05) is 0 Å². The minimum Gasteiger partial charge on any atom is -0.227 e. The number of hydrogen-bond donors (Lipinski definition) is 1. The molecule has 2 rings (SSSR count). The quantitative estimate of drug-likeness (QED) is 0.557. The van der Waals surface area contributed by atoms with Gasteiger partial charge in [-0.1, -0.05) is 18.2 Å². The smallest absolute Gasteiger partial charge is 0.227 e. The lowest BCUT2D eigenvalue weighted by atomic mass is 10.2. The first kappa shape index (κ1) is 9.15. The van der Waals surface area contributed by atoms with Gasteiger partial charge in [0.2, 0.25) is 6.33 Å². The SMILES string of the molecule is Cc1ccccc1-n1c[n+](C)c(=S)[nH]1. The number of para-hydroxylation sites is 1. The Bertz CT molecular complexity index is 510. The molecule has 0 saturated carbocycles. The van der Waals surface area contributed by atoms with E-state index in [0.717, 1.165) is 5.69 Å². The molecular formula is C10H12N3S+. The predicted molar refractivity (Wildman–Crippen MR) is 56.9 cm³/mol. The van der Waals surface area contributed by atoms with Gasteiger partial charge >= 0.3 is 4.77 Å². The van der Waals surface area contributed by atoms with E-state index >= 15 is 0 Å². The number of hydrogen-bond acceptors (Lipinski definition) is 1. The zero-order valence-electron chi connectivity index (χ0n) is 8.19. The molecule has 1 N–H and O–H groups in total. The van der Waals surface area contributed by atoms with Gasteiger partial charge in [-0.2, -0.15) is 0 Å². The van der Waals surface area contributed by atoms with Gasteiger partial charge in [0.05, 0.1) is 7.05 Å². The molecule has 0 bridgehead atoms. The summed E-state index contributed by atoms with van der Waals surface area (Å²) >= 11 is 5.10. The van der Waals surface area contributed by atoms with Crippen molar-refractivity contribution >= 4 is 12.2 Å². The van der Waals surface area contributed by atoms with E-state index in [1.54, 1.807) is 0 Å². The number of benzene rings is 1. The van der Waals surface area contributed by atoms with Crippen molar-refractivity contribution in [2.24, 2.45) is 7.05 Å². The van der Waals surface area contributed by atoms with E-state index in [1.807, 2.05) is 34.8 Å². The number of nitrogens with one attached hydrogen (secondary N) is 1. The van der Waals surface area contributed by atoms with E-state index in [2.05, 4.69) is 24.2 Å². The highest BCUT2D eigenvalue weighted by Crippen LogP contribution is 2.10. The van der Waals surface area contributed by atoms with Crippen LogP contribution in [0.25, 0.3) is 5.69 Å². The number of aryl methyl sites for hydroxylation is 2. The Kier molecular flexibility index (Phi) is 2.21. The number of aromatic amines is 1. The van der Waals surface area contributed by atoms with Crippen LogP contribution >= 0.6 is 12.2 Å². The minimum absolute atomic E-state index is 0.716. The summed E-state index contributed by atoms with van der Waals surface area (Å²) in [6.45, 7) is 2.08. The Morgan fingerprint density at radius 1 is 1.36 bits per heavy atom. The molecule has 0 radical (unpaired) electrons. The summed E-state index contributed by atoms with van der Waals surface area (Å²) in [5, 5.41) is 3.10. The van der Waals surface area contributed by atoms with Crippen molar-refractivity contribution in [1.82, 2.24) is 9.78 Å². The molecule has 0 aliphatic carbocycles. The van der Waals surface area contributed by atoms with Crippen molar-refractivity contribution in [3.8, 4) is 5.69 Å². The first-order chi connectivity index (χ1) is 6.68. The van der Waals surface area contributed by atoms with Crippen LogP contribution in [0.3, 0.4) is 0 Å². The molecule has 1 heterocycles. The summed E-state index contributed by atoms with van der Waals surface area (Å²) in [4.78, 5) is 0. The van der Waals surface area contributed by atoms with Gasteiger partial charge < -0.3 is 0 Å². The third-order valence-corrected chi connectivity index (χ3v) is 2.58. The first-order valence-electron chi connectivity index (χ1n) is 4.42. The Hall–Kier alpha value is -1.42. The average molecular weight is 206 g/mol. The molecule has 0 aliphatic rings. The van der Waals surface area contributed by atoms with Crippen LogP contribution in [0.1, 0.15) is 5.56 Å². The largest absolute Gasteiger partial charge is 0.323 e. The lowest BCUT2D eigenvalue weighted by molar-refractivity contribution is -0.678. The number of H-pyrrole nitrogens is 1. The third kappa shape index (κ3) is 1.48. The fourth-order valence-electron chi connectivity index (χ4n) is 1.39. The molecule has 72 valence electrons. The lowest BCUT2D eigenvalue weighted by Gasteiger charge is -1.98. The van der Waals surface area contributed by atoms with Crippen LogP contribution in [0.4, 0.5) is 0 Å². The van der Waals surface area contributed by atoms with Crippen molar-refractivity contribution < 1.29 is 4.57 Å². The van der Waals surface area contributed by atoms with E-state index in [1.165, 1.54) is 5.56 Å². The molecule has 0 saturated heterocycles. The van der Waals surface area contributed by atoms with Gasteiger partial charge in [0.1, 0.15) is 5.69 Å². The van der Waals surface area contributed by atoms with Crippen LogP contribution < -0.4 is 4.57 Å². The zero-order valence-corrected chi connectivity index (χ0v) is 9.01. The molecule has 2 aromatic rings. The lowest BCUT2D eigenvalue weighted by Crippen LogP contribution is -2.26. The van der Waals surface area contributed by atoms with E-state index in [-0.39, 0.29) is 0 Å². The maximum Gasteiger partial charge on any atom is 0.323 e. The van der Waals surface area contributed by atoms with Crippen LogP contribution in [0.2, 0.25) is 0 Å². The molecule has 0 aliphatic heterocycles. The molecule has 3 nitrogen and oxygen atoms in total. The van der Waals surface area contributed by atoms with Gasteiger partial charge in [-0.05, 0) is 30.8 Å². The summed E-state index contributed by atoms with van der Waals surface area (Å²) in [6.07, 6.45) is 1.94. The molecule has 0 spiro atoms. The van der Waals surface area contributed by atoms with Gasteiger partial charge in [0.15, 0.2) is 0 Å². The molecule has 4 heteroatoms. The Morgan fingerprint density at radius 3 is 2.64 bits per heavy atom. The van der Waals surface area contributed by atoms with E-state index in [0.29, 0.717) is 4.77 Å². The van der Waals surface area contributed by atoms with Crippen molar-refractivity contribution in [2.45, 2.75) is 6.92 Å². The van der Waals surface area contributed by atoms with Crippen molar-refractivity contribution in [1.29, 1.82) is 0 Å². The van der Waals surface area contributed by atoms with Gasteiger partial charge in [-0.15, -0.1) is 9.78 Å². The summed E-state index contributed by atoms with van der Waals surface area (Å²) in [5.41, 5.74) is 2.34. The number of aromatic nitrogens is 3. The van der Waals surface area contributed by atoms with Crippen molar-refractivity contribution in [3.63, 3.8) is 0 Å². The fraction of sp³-hybridized carbons (Fsp3) is 0.200. The van der Waals surface area contributed by atoms with Crippen molar-refractivity contribution in [3.05, 3.63) is 40.9 Å². The molecule has 0 fully saturated rings. The van der Waals surface area contributed by atoms with Gasteiger partial charge in [-0.3, -0.25) is 0 Å². The summed E-state index contributed by atoms with van der Waals surface area (Å²) < 4.78 is 4.52. The molecule has 1 aromatic heterocycles. The highest BCUT2D eigenvalue weighted by atomic mass is 32.1. The minimum atomic E-state index is 0.716. The first-order valence-corrected chi connectivity index (χ1v) is 4.82. The second-order valence-corrected chi connectivity index (χ2v) is 3.69. The number of rotatable bonds is 1. The average Bonchev–Trinajstić information content (AvgIpc) is 2.48. The molecule has 0 atom stereocenters. The second kappa shape index (κ2) is 3.38. The zero-order chi connectivity index (χ0) is 10.1. The molecule has 0 unspecified atom stereocenters. The third-order valence-electron chi connectivity index (χ3n) is 2.20. The highest BCUT2D eigenvalue weighted by molar-refractivity contribution is 7.71. The van der Waals surface area contributed by atoms with E-state index in [9.17, 15) is 0 Å². The maximum atomic E-state index is 5.10. The van der Waals surface area contributed by atoms with Crippen LogP contribution in [-0.4, -0.2) is 9.78 Å². The van der Waals surface area contributed by atoms with Crippen LogP contribution in [0.15, 0.2) is 30.6 Å². The Morgan fingerprint density at radius 2 is 2.07 bits per heavy atom. The predicted octanol–water partition coefficient (Wildman–Crippen LogP) is 1.67. The number of nitrogens with zero attached hydrogens (tertiary/aromatic N) is 2. The van der Waals surface area contributed by atoms with E-state index < -0.39 is 0 Å². The molecular weight excluding hydrogens is 194 g/mol. The monoisotopic (exact) mass is 206 g/mol.